The average Bonchev–Trinajstić information content (AvgIpc) is 2.00. The molecule has 0 saturated carbocycles. The Hall–Kier alpha value is -0.340. The van der Waals surface area contributed by atoms with Crippen LogP contribution in [-0.4, -0.2) is 32.5 Å². The minimum atomic E-state index is -2.56. The largest absolute Gasteiger partial charge is 0.469 e. The molecule has 0 aliphatic rings. The lowest BCUT2D eigenvalue weighted by Gasteiger charge is -2.10. The maximum absolute atomic E-state index is 11.4. The van der Waals surface area contributed by atoms with Gasteiger partial charge in [-0.1, -0.05) is 0 Å². The molecule has 4 nitrogen and oxygen atoms in total. The molecule has 0 aromatic heterocycles. The number of hydrogen-bond acceptors (Lipinski definition) is 4. The Morgan fingerprint density at radius 1 is 1.50 bits per heavy atom. The average molecular weight is 194 g/mol. The predicted octanol–water partition coefficient (Wildman–Crippen LogP) is 1.49. The van der Waals surface area contributed by atoms with Crippen molar-refractivity contribution in [1.29, 1.82) is 0 Å². The first-order valence-electron chi connectivity index (χ1n) is 3.79. The molecule has 0 aromatic rings. The van der Waals surface area contributed by atoms with Crippen molar-refractivity contribution >= 4 is 13.3 Å². The van der Waals surface area contributed by atoms with Crippen LogP contribution in [0.3, 0.4) is 0 Å². The number of esters is 1. The van der Waals surface area contributed by atoms with Crippen LogP contribution in [-0.2, 0) is 18.6 Å². The van der Waals surface area contributed by atoms with Crippen LogP contribution in [0.15, 0.2) is 0 Å². The van der Waals surface area contributed by atoms with E-state index in [2.05, 4.69) is 4.74 Å². The molecule has 0 aliphatic heterocycles. The van der Waals surface area contributed by atoms with Gasteiger partial charge in [-0.15, -0.1) is 0 Å². The van der Waals surface area contributed by atoms with Crippen LogP contribution in [0.2, 0.25) is 0 Å². The summed E-state index contributed by atoms with van der Waals surface area (Å²) < 4.78 is 20.8. The fraction of sp³-hybridized carbons (Fsp3) is 0.857. The second-order valence-electron chi connectivity index (χ2n) is 2.48. The van der Waals surface area contributed by atoms with Crippen LogP contribution in [0.5, 0.6) is 0 Å². The molecular weight excluding hydrogens is 179 g/mol. The molecule has 0 heterocycles. The Labute approximate surface area is 72.7 Å². The van der Waals surface area contributed by atoms with E-state index < -0.39 is 7.37 Å². The van der Waals surface area contributed by atoms with Gasteiger partial charge in [0.2, 0.25) is 7.37 Å². The number of hydrogen-bond donors (Lipinski definition) is 0. The summed E-state index contributed by atoms with van der Waals surface area (Å²) in [5, 5.41) is 0. The molecule has 0 saturated heterocycles. The summed E-state index contributed by atoms with van der Waals surface area (Å²) in [4.78, 5) is 10.7. The number of carbonyl (C=O) groups excluding carboxylic acids is 1. The van der Waals surface area contributed by atoms with E-state index in [1.54, 1.807) is 6.92 Å². The summed E-state index contributed by atoms with van der Waals surface area (Å²) >= 11 is 0. The first kappa shape index (κ1) is 11.7. The molecule has 0 amide bonds. The second kappa shape index (κ2) is 5.33. The Balaban J connectivity index is 3.75. The summed E-state index contributed by atoms with van der Waals surface area (Å²) in [5.41, 5.74) is 0. The van der Waals surface area contributed by atoms with Gasteiger partial charge in [-0.3, -0.25) is 9.36 Å². The van der Waals surface area contributed by atoms with Crippen molar-refractivity contribution in [2.45, 2.75) is 13.3 Å². The zero-order valence-corrected chi connectivity index (χ0v) is 8.60. The van der Waals surface area contributed by atoms with E-state index in [0.29, 0.717) is 6.61 Å². The quantitative estimate of drug-likeness (QED) is 0.491. The number of ether oxygens (including phenoxy) is 1. The van der Waals surface area contributed by atoms with Crippen LogP contribution in [0.1, 0.15) is 13.3 Å². The molecule has 0 bridgehead atoms. The van der Waals surface area contributed by atoms with Gasteiger partial charge in [0.15, 0.2) is 0 Å². The van der Waals surface area contributed by atoms with E-state index in [1.165, 1.54) is 13.8 Å². The maximum atomic E-state index is 11.4. The highest BCUT2D eigenvalue weighted by Crippen LogP contribution is 2.42. The summed E-state index contributed by atoms with van der Waals surface area (Å²) in [6, 6.07) is 0. The van der Waals surface area contributed by atoms with E-state index in [9.17, 15) is 9.36 Å². The monoisotopic (exact) mass is 194 g/mol. The topological polar surface area (TPSA) is 52.6 Å². The van der Waals surface area contributed by atoms with E-state index >= 15 is 0 Å². The highest BCUT2D eigenvalue weighted by Gasteiger charge is 2.16. The zero-order chi connectivity index (χ0) is 9.61. The smallest absolute Gasteiger partial charge is 0.306 e. The van der Waals surface area contributed by atoms with E-state index in [4.69, 9.17) is 4.52 Å². The van der Waals surface area contributed by atoms with Gasteiger partial charge in [0.25, 0.3) is 0 Å². The third kappa shape index (κ3) is 5.33. The Morgan fingerprint density at radius 2 is 2.08 bits per heavy atom. The predicted molar refractivity (Wildman–Crippen MR) is 46.7 cm³/mol. The molecule has 1 atom stereocenters. The van der Waals surface area contributed by atoms with Crippen molar-refractivity contribution in [1.82, 2.24) is 0 Å². The van der Waals surface area contributed by atoms with Gasteiger partial charge in [-0.25, -0.2) is 0 Å². The molecule has 5 heteroatoms. The van der Waals surface area contributed by atoms with Crippen molar-refractivity contribution in [2.75, 3.05) is 26.5 Å². The van der Waals surface area contributed by atoms with E-state index in [-0.39, 0.29) is 18.6 Å². The van der Waals surface area contributed by atoms with Crippen molar-refractivity contribution in [3.63, 3.8) is 0 Å². The van der Waals surface area contributed by atoms with E-state index in [0.717, 1.165) is 0 Å². The molecule has 1 unspecified atom stereocenters. The summed E-state index contributed by atoms with van der Waals surface area (Å²) in [6.07, 6.45) is 0.414. The van der Waals surface area contributed by atoms with Crippen LogP contribution in [0.4, 0.5) is 0 Å². The molecule has 0 N–H and O–H groups in total. The third-order valence-electron chi connectivity index (χ3n) is 1.35. The first-order valence-corrected chi connectivity index (χ1v) is 6.05. The van der Waals surface area contributed by atoms with Gasteiger partial charge in [-0.05, 0) is 6.92 Å². The van der Waals surface area contributed by atoms with Gasteiger partial charge in [-0.2, -0.15) is 0 Å². The lowest BCUT2D eigenvalue weighted by atomic mass is 10.5. The minimum absolute atomic E-state index is 0.157. The van der Waals surface area contributed by atoms with Gasteiger partial charge in [0.05, 0.1) is 20.1 Å². The molecular formula is C7H15O4P. The van der Waals surface area contributed by atoms with Crippen molar-refractivity contribution in [2.24, 2.45) is 0 Å². The maximum Gasteiger partial charge on any atom is 0.306 e. The third-order valence-corrected chi connectivity index (χ3v) is 3.19. The van der Waals surface area contributed by atoms with Gasteiger partial charge in [0, 0.05) is 12.8 Å². The van der Waals surface area contributed by atoms with Crippen molar-refractivity contribution in [3.05, 3.63) is 0 Å². The molecule has 0 spiro atoms. The fourth-order valence-corrected chi connectivity index (χ4v) is 2.00. The molecule has 0 aromatic carbocycles. The highest BCUT2D eigenvalue weighted by atomic mass is 31.2. The molecule has 0 rings (SSSR count). The Bertz CT molecular complexity index is 190. The Kier molecular flexibility index (Phi) is 5.18. The number of rotatable bonds is 5. The first-order chi connectivity index (χ1) is 5.52. The molecule has 0 fully saturated rings. The molecule has 72 valence electrons. The normalized spacial score (nSPS) is 15.2. The fourth-order valence-electron chi connectivity index (χ4n) is 0.734. The van der Waals surface area contributed by atoms with Crippen LogP contribution >= 0.6 is 7.37 Å². The molecule has 12 heavy (non-hydrogen) atoms. The standard InChI is InChI=1S/C7H15O4P/c1-4-11-12(3,9)6-5-7(8)10-2/h4-6H2,1-3H3. The van der Waals surface area contributed by atoms with E-state index in [1.807, 2.05) is 0 Å². The van der Waals surface area contributed by atoms with Crippen LogP contribution in [0, 0.1) is 0 Å². The highest BCUT2D eigenvalue weighted by molar-refractivity contribution is 7.58. The van der Waals surface area contributed by atoms with Crippen molar-refractivity contribution in [3.8, 4) is 0 Å². The Morgan fingerprint density at radius 3 is 2.50 bits per heavy atom. The zero-order valence-electron chi connectivity index (χ0n) is 7.70. The van der Waals surface area contributed by atoms with Gasteiger partial charge in [0.1, 0.15) is 0 Å². The summed E-state index contributed by atoms with van der Waals surface area (Å²) in [6.45, 7) is 3.71. The number of carbonyl (C=O) groups is 1. The van der Waals surface area contributed by atoms with Crippen LogP contribution < -0.4 is 0 Å². The summed E-state index contributed by atoms with van der Waals surface area (Å²) in [5.74, 6) is -0.350. The SMILES string of the molecule is CCOP(C)(=O)CCC(=O)OC. The lowest BCUT2D eigenvalue weighted by Crippen LogP contribution is -2.04. The molecule has 0 radical (unpaired) electrons. The van der Waals surface area contributed by atoms with Crippen molar-refractivity contribution < 1.29 is 18.6 Å². The second-order valence-corrected chi connectivity index (χ2v) is 5.22. The minimum Gasteiger partial charge on any atom is -0.469 e. The summed E-state index contributed by atoms with van der Waals surface area (Å²) in [7, 11) is -1.25. The van der Waals surface area contributed by atoms with Crippen LogP contribution in [0.25, 0.3) is 0 Å². The van der Waals surface area contributed by atoms with Gasteiger partial charge >= 0.3 is 5.97 Å². The molecule has 0 aliphatic carbocycles. The number of methoxy groups -OCH3 is 1. The van der Waals surface area contributed by atoms with Gasteiger partial charge < -0.3 is 9.26 Å². The lowest BCUT2D eigenvalue weighted by molar-refractivity contribution is -0.140.